The molecule has 1 fully saturated rings. The van der Waals surface area contributed by atoms with Crippen LogP contribution in [0.3, 0.4) is 0 Å². The van der Waals surface area contributed by atoms with Crippen LogP contribution in [-0.2, 0) is 11.3 Å². The Hall–Kier alpha value is -2.40. The molecule has 0 unspecified atom stereocenters. The van der Waals surface area contributed by atoms with Gasteiger partial charge in [-0.15, -0.1) is 0 Å². The lowest BCUT2D eigenvalue weighted by Gasteiger charge is -2.18. The number of benzene rings is 1. The molecular formula is C17H16ClN3O2. The Bertz CT molecular complexity index is 721. The Kier molecular flexibility index (Phi) is 4.57. The van der Waals surface area contributed by atoms with Crippen LogP contribution in [0.4, 0.5) is 0 Å². The Morgan fingerprint density at radius 3 is 2.74 bits per heavy atom. The minimum Gasteiger partial charge on any atom is -0.347 e. The first-order chi connectivity index (χ1) is 11.1. The number of pyridine rings is 1. The van der Waals surface area contributed by atoms with Crippen LogP contribution in [0.5, 0.6) is 0 Å². The van der Waals surface area contributed by atoms with Gasteiger partial charge in [0.25, 0.3) is 5.91 Å². The van der Waals surface area contributed by atoms with Crippen molar-refractivity contribution in [2.24, 2.45) is 0 Å². The Labute approximate surface area is 139 Å². The lowest BCUT2D eigenvalue weighted by molar-refractivity contribution is -0.128. The summed E-state index contributed by atoms with van der Waals surface area (Å²) in [7, 11) is 0. The highest BCUT2D eigenvalue weighted by Crippen LogP contribution is 2.20. The molecule has 1 N–H and O–H groups in total. The van der Waals surface area contributed by atoms with Crippen LogP contribution in [0.1, 0.15) is 22.3 Å². The van der Waals surface area contributed by atoms with Crippen molar-refractivity contribution in [2.45, 2.75) is 19.0 Å². The van der Waals surface area contributed by atoms with Gasteiger partial charge in [0.05, 0.1) is 6.04 Å². The molecule has 5 nitrogen and oxygen atoms in total. The molecule has 0 bridgehead atoms. The predicted octanol–water partition coefficient (Wildman–Crippen LogP) is 2.27. The van der Waals surface area contributed by atoms with Crippen molar-refractivity contribution in [2.75, 3.05) is 6.54 Å². The van der Waals surface area contributed by atoms with Crippen molar-refractivity contribution >= 4 is 23.4 Å². The van der Waals surface area contributed by atoms with Gasteiger partial charge in [-0.05, 0) is 23.8 Å². The third-order valence-corrected chi connectivity index (χ3v) is 4.18. The highest BCUT2D eigenvalue weighted by atomic mass is 35.5. The Morgan fingerprint density at radius 2 is 2.00 bits per heavy atom. The molecule has 1 aromatic carbocycles. The van der Waals surface area contributed by atoms with Gasteiger partial charge in [0, 0.05) is 42.5 Å². The summed E-state index contributed by atoms with van der Waals surface area (Å²) in [5, 5.41) is 3.54. The molecule has 2 amide bonds. The fraction of sp³-hybridized carbons (Fsp3) is 0.235. The van der Waals surface area contributed by atoms with Gasteiger partial charge in [-0.1, -0.05) is 29.8 Å². The third kappa shape index (κ3) is 3.68. The van der Waals surface area contributed by atoms with Crippen LogP contribution >= 0.6 is 11.6 Å². The van der Waals surface area contributed by atoms with E-state index < -0.39 is 0 Å². The van der Waals surface area contributed by atoms with E-state index in [0.29, 0.717) is 30.1 Å². The number of amides is 2. The zero-order chi connectivity index (χ0) is 16.2. The van der Waals surface area contributed by atoms with Gasteiger partial charge in [0.15, 0.2) is 0 Å². The van der Waals surface area contributed by atoms with Gasteiger partial charge in [-0.3, -0.25) is 14.6 Å². The van der Waals surface area contributed by atoms with Crippen molar-refractivity contribution in [1.29, 1.82) is 0 Å². The summed E-state index contributed by atoms with van der Waals surface area (Å²) in [5.74, 6) is -0.172. The average molecular weight is 330 g/mol. The molecule has 23 heavy (non-hydrogen) atoms. The number of aromatic nitrogens is 1. The van der Waals surface area contributed by atoms with E-state index >= 15 is 0 Å². The molecule has 0 spiro atoms. The van der Waals surface area contributed by atoms with Gasteiger partial charge in [0.1, 0.15) is 0 Å². The summed E-state index contributed by atoms with van der Waals surface area (Å²) < 4.78 is 0. The van der Waals surface area contributed by atoms with Crippen LogP contribution < -0.4 is 5.32 Å². The predicted molar refractivity (Wildman–Crippen MR) is 87.0 cm³/mol. The second-order valence-corrected chi connectivity index (χ2v) is 5.88. The van der Waals surface area contributed by atoms with Gasteiger partial charge in [-0.25, -0.2) is 0 Å². The number of carbonyl (C=O) groups is 2. The minimum absolute atomic E-state index is 0.0185. The van der Waals surface area contributed by atoms with E-state index in [4.69, 9.17) is 11.6 Å². The highest BCUT2D eigenvalue weighted by molar-refractivity contribution is 6.31. The molecule has 0 radical (unpaired) electrons. The zero-order valence-corrected chi connectivity index (χ0v) is 13.2. The van der Waals surface area contributed by atoms with Crippen LogP contribution in [0.15, 0.2) is 48.8 Å². The molecule has 3 rings (SSSR count). The summed E-state index contributed by atoms with van der Waals surface area (Å²) >= 11 is 6.14. The Balaban J connectivity index is 1.61. The topological polar surface area (TPSA) is 62.3 Å². The monoisotopic (exact) mass is 329 g/mol. The molecule has 1 aromatic heterocycles. The van der Waals surface area contributed by atoms with Crippen molar-refractivity contribution in [3.8, 4) is 0 Å². The van der Waals surface area contributed by atoms with Crippen molar-refractivity contribution in [3.63, 3.8) is 0 Å². The number of hydrogen-bond donors (Lipinski definition) is 1. The molecule has 1 aliphatic rings. The first-order valence-corrected chi connectivity index (χ1v) is 7.73. The lowest BCUT2D eigenvalue weighted by Crippen LogP contribution is -2.37. The minimum atomic E-state index is -0.190. The number of carbonyl (C=O) groups excluding carboxylic acids is 2. The third-order valence-electron chi connectivity index (χ3n) is 3.81. The molecule has 2 aromatic rings. The summed E-state index contributed by atoms with van der Waals surface area (Å²) in [6, 6.07) is 10.6. The van der Waals surface area contributed by atoms with E-state index in [2.05, 4.69) is 10.3 Å². The molecule has 1 aliphatic heterocycles. The summed E-state index contributed by atoms with van der Waals surface area (Å²) in [4.78, 5) is 29.9. The molecule has 6 heteroatoms. The molecule has 0 saturated carbocycles. The van der Waals surface area contributed by atoms with Crippen LogP contribution in [-0.4, -0.2) is 34.3 Å². The normalized spacial score (nSPS) is 17.3. The van der Waals surface area contributed by atoms with Gasteiger partial charge >= 0.3 is 0 Å². The molecule has 118 valence electrons. The number of nitrogens with zero attached hydrogens (tertiary/aromatic N) is 2. The smallest absolute Gasteiger partial charge is 0.251 e. The number of likely N-dealkylation sites (tertiary alicyclic amines) is 1. The average Bonchev–Trinajstić information content (AvgIpc) is 2.90. The van der Waals surface area contributed by atoms with E-state index in [1.54, 1.807) is 35.5 Å². The second kappa shape index (κ2) is 6.79. The number of rotatable bonds is 4. The fourth-order valence-electron chi connectivity index (χ4n) is 2.63. The lowest BCUT2D eigenvalue weighted by atomic mass is 10.2. The maximum atomic E-state index is 12.1. The van der Waals surface area contributed by atoms with E-state index in [0.717, 1.165) is 5.56 Å². The number of halogens is 1. The second-order valence-electron chi connectivity index (χ2n) is 5.48. The maximum Gasteiger partial charge on any atom is 0.251 e. The quantitative estimate of drug-likeness (QED) is 0.936. The van der Waals surface area contributed by atoms with Crippen molar-refractivity contribution in [3.05, 3.63) is 64.9 Å². The van der Waals surface area contributed by atoms with Crippen LogP contribution in [0, 0.1) is 0 Å². The van der Waals surface area contributed by atoms with Crippen LogP contribution in [0.2, 0.25) is 5.02 Å². The van der Waals surface area contributed by atoms with E-state index in [1.165, 1.54) is 0 Å². The van der Waals surface area contributed by atoms with Gasteiger partial charge in [0.2, 0.25) is 5.91 Å². The molecule has 1 atom stereocenters. The largest absolute Gasteiger partial charge is 0.347 e. The van der Waals surface area contributed by atoms with Crippen molar-refractivity contribution < 1.29 is 9.59 Å². The summed E-state index contributed by atoms with van der Waals surface area (Å²) in [6.07, 6.45) is 3.44. The first kappa shape index (κ1) is 15.5. The van der Waals surface area contributed by atoms with Gasteiger partial charge < -0.3 is 10.2 Å². The van der Waals surface area contributed by atoms with Gasteiger partial charge in [-0.2, -0.15) is 0 Å². The van der Waals surface area contributed by atoms with E-state index in [1.807, 2.05) is 18.2 Å². The molecule has 1 saturated heterocycles. The molecule has 2 heterocycles. The molecular weight excluding hydrogens is 314 g/mol. The standard InChI is InChI=1S/C17H16ClN3O2/c18-15-4-2-1-3-13(15)10-21-11-14(9-16(21)22)20-17(23)12-5-7-19-8-6-12/h1-8,14H,9-11H2,(H,20,23)/t14-/m0/s1. The number of hydrogen-bond acceptors (Lipinski definition) is 3. The highest BCUT2D eigenvalue weighted by Gasteiger charge is 2.30. The fourth-order valence-corrected chi connectivity index (χ4v) is 2.82. The van der Waals surface area contributed by atoms with Crippen molar-refractivity contribution in [1.82, 2.24) is 15.2 Å². The summed E-state index contributed by atoms with van der Waals surface area (Å²) in [5.41, 5.74) is 1.45. The number of nitrogens with one attached hydrogen (secondary N) is 1. The molecule has 0 aliphatic carbocycles. The van der Waals surface area contributed by atoms with E-state index in [-0.39, 0.29) is 17.9 Å². The maximum absolute atomic E-state index is 12.1. The van der Waals surface area contributed by atoms with Crippen LogP contribution in [0.25, 0.3) is 0 Å². The zero-order valence-electron chi connectivity index (χ0n) is 12.4. The van der Waals surface area contributed by atoms with E-state index in [9.17, 15) is 9.59 Å². The SMILES string of the molecule is O=C(N[C@H]1CC(=O)N(Cc2ccccc2Cl)C1)c1ccncc1. The first-order valence-electron chi connectivity index (χ1n) is 7.35. The summed E-state index contributed by atoms with van der Waals surface area (Å²) in [6.45, 7) is 0.945. The Morgan fingerprint density at radius 1 is 1.26 bits per heavy atom.